The van der Waals surface area contributed by atoms with Crippen molar-refractivity contribution in [1.82, 2.24) is 19.5 Å². The number of aromatic nitrogens is 4. The summed E-state index contributed by atoms with van der Waals surface area (Å²) < 4.78 is 18.2. The van der Waals surface area contributed by atoms with Gasteiger partial charge in [-0.3, -0.25) is 4.98 Å². The molecule has 4 aromatic heterocycles. The molecular weight excluding hydrogens is 805 g/mol. The van der Waals surface area contributed by atoms with E-state index >= 15 is 0 Å². The number of hydrogen-bond donors (Lipinski definition) is 0. The first-order chi connectivity index (χ1) is 21.8. The number of rotatable bonds is 5. The zero-order valence-corrected chi connectivity index (χ0v) is 32.2. The van der Waals surface area contributed by atoms with Crippen LogP contribution in [-0.2, 0) is 20.1 Å². The van der Waals surface area contributed by atoms with E-state index in [1.54, 1.807) is 0 Å². The van der Waals surface area contributed by atoms with Gasteiger partial charge in [0.15, 0.2) is 0 Å². The van der Waals surface area contributed by atoms with Gasteiger partial charge in [-0.05, 0) is 45.0 Å². The Morgan fingerprint density at radius 3 is 2.33 bits per heavy atom. The number of furan rings is 1. The minimum atomic E-state index is -2.03. The van der Waals surface area contributed by atoms with Crippen LogP contribution in [0.4, 0.5) is 0 Å². The number of fused-ring (bicyclic) bond motifs is 4. The maximum absolute atomic E-state index is 8.44. The molecule has 5 nitrogen and oxygen atoms in total. The van der Waals surface area contributed by atoms with Gasteiger partial charge in [-0.2, -0.15) is 0 Å². The Bertz CT molecular complexity index is 2180. The van der Waals surface area contributed by atoms with Crippen molar-refractivity contribution in [2.75, 3.05) is 0 Å². The molecule has 0 aliphatic carbocycles. The maximum atomic E-state index is 8.44. The molecule has 1 radical (unpaired) electrons. The quantitative estimate of drug-likeness (QED) is 0.128. The summed E-state index contributed by atoms with van der Waals surface area (Å²) in [5.41, 5.74) is 8.39. The van der Waals surface area contributed by atoms with Crippen molar-refractivity contribution in [2.45, 2.75) is 63.8 Å². The summed E-state index contributed by atoms with van der Waals surface area (Å²) in [5, 5.41) is 2.07. The number of pyridine rings is 2. The van der Waals surface area contributed by atoms with E-state index in [9.17, 15) is 0 Å². The molecule has 7 heteroatoms. The van der Waals surface area contributed by atoms with E-state index in [-0.39, 0.29) is 26.1 Å². The van der Waals surface area contributed by atoms with Gasteiger partial charge < -0.3 is 8.98 Å². The van der Waals surface area contributed by atoms with Crippen LogP contribution in [0.1, 0.15) is 52.3 Å². The van der Waals surface area contributed by atoms with Gasteiger partial charge in [-0.1, -0.05) is 23.1 Å². The number of benzene rings is 3. The average molecular weight is 847 g/mol. The first kappa shape index (κ1) is 32.4. The molecule has 4 heterocycles. The standard InChI is InChI=1S/C22H18N3O.C17H22GeN.Ir/c1-13(2)25-19-10-5-4-9-18(19)24-21(25)17-8-6-7-15-16-12-11-14(3)23-22(16)26-20(15)17;1-13(2)15-11-17(14-9-7-6-8-10-14)19-12-16(15)18(3,4)5;/h4-7,9-13H,1-3H3;6-9,11-13H,1-5H3;/q2*-1;/i;13D;. The summed E-state index contributed by atoms with van der Waals surface area (Å²) in [6.45, 7) is 10.2. The molecule has 0 aliphatic heterocycles. The van der Waals surface area contributed by atoms with Crippen LogP contribution in [0.5, 0.6) is 0 Å². The van der Waals surface area contributed by atoms with Gasteiger partial charge in [0, 0.05) is 37.2 Å². The molecule has 0 amide bonds. The second-order valence-corrected chi connectivity index (χ2v) is 23.6. The Morgan fingerprint density at radius 1 is 0.870 bits per heavy atom. The van der Waals surface area contributed by atoms with E-state index in [1.807, 2.05) is 87.6 Å². The fourth-order valence-electron chi connectivity index (χ4n) is 5.79. The Morgan fingerprint density at radius 2 is 1.63 bits per heavy atom. The third-order valence-corrected chi connectivity index (χ3v) is 12.2. The minimum Gasteiger partial charge on any atom is 0 e. The molecule has 237 valence electrons. The van der Waals surface area contributed by atoms with Crippen molar-refractivity contribution in [3.8, 4) is 22.6 Å². The second-order valence-electron chi connectivity index (χ2n) is 13.0. The summed E-state index contributed by atoms with van der Waals surface area (Å²) in [6, 6.07) is 33.1. The van der Waals surface area contributed by atoms with Crippen molar-refractivity contribution in [1.29, 1.82) is 0 Å². The van der Waals surface area contributed by atoms with Crippen LogP contribution in [-0.4, -0.2) is 32.8 Å². The number of hydrogen-bond acceptors (Lipinski definition) is 4. The van der Waals surface area contributed by atoms with E-state index < -0.39 is 19.2 Å². The van der Waals surface area contributed by atoms with E-state index in [2.05, 4.69) is 76.0 Å². The van der Waals surface area contributed by atoms with Crippen molar-refractivity contribution in [3.63, 3.8) is 0 Å². The zero-order valence-electron chi connectivity index (χ0n) is 28.7. The molecule has 0 saturated carbocycles. The molecule has 0 aliphatic rings. The zero-order chi connectivity index (χ0) is 32.8. The van der Waals surface area contributed by atoms with E-state index in [4.69, 9.17) is 10.8 Å². The molecule has 3 aromatic carbocycles. The van der Waals surface area contributed by atoms with Gasteiger partial charge in [0.25, 0.3) is 0 Å². The van der Waals surface area contributed by atoms with Gasteiger partial charge in [0.05, 0.1) is 22.4 Å². The molecule has 0 bridgehead atoms. The van der Waals surface area contributed by atoms with Crippen LogP contribution in [0, 0.1) is 19.1 Å². The number of aryl methyl sites for hydroxylation is 1. The summed E-state index contributed by atoms with van der Waals surface area (Å²) in [6.07, 6.45) is 2.00. The summed E-state index contributed by atoms with van der Waals surface area (Å²) in [5.74, 6) is 7.32. The van der Waals surface area contributed by atoms with Crippen LogP contribution in [0.3, 0.4) is 0 Å². The van der Waals surface area contributed by atoms with Crippen molar-refractivity contribution in [2.24, 2.45) is 0 Å². The van der Waals surface area contributed by atoms with E-state index in [1.165, 1.54) is 4.40 Å². The van der Waals surface area contributed by atoms with Gasteiger partial charge in [0.2, 0.25) is 5.71 Å². The third kappa shape index (κ3) is 6.62. The van der Waals surface area contributed by atoms with Crippen LogP contribution < -0.4 is 4.40 Å². The Balaban J connectivity index is 0.000000188. The predicted molar refractivity (Wildman–Crippen MR) is 190 cm³/mol. The Kier molecular flexibility index (Phi) is 9.60. The number of para-hydroxylation sites is 2. The topological polar surface area (TPSA) is 56.7 Å². The second kappa shape index (κ2) is 13.6. The van der Waals surface area contributed by atoms with Gasteiger partial charge >= 0.3 is 120 Å². The number of imidazole rings is 1. The van der Waals surface area contributed by atoms with Crippen LogP contribution in [0.25, 0.3) is 55.7 Å². The van der Waals surface area contributed by atoms with Gasteiger partial charge in [-0.15, -0.1) is 18.2 Å². The van der Waals surface area contributed by atoms with Crippen LogP contribution in [0.2, 0.25) is 17.3 Å². The van der Waals surface area contributed by atoms with Crippen molar-refractivity contribution >= 4 is 50.8 Å². The molecule has 0 atom stereocenters. The first-order valence-corrected chi connectivity index (χ1v) is 22.8. The molecular formula is C39H40GeIrN4O-2. The van der Waals surface area contributed by atoms with Crippen molar-refractivity contribution in [3.05, 3.63) is 108 Å². The molecule has 0 saturated heterocycles. The molecule has 0 unspecified atom stereocenters. The Labute approximate surface area is 289 Å². The average Bonchev–Trinajstić information content (AvgIpc) is 3.59. The summed E-state index contributed by atoms with van der Waals surface area (Å²) in [4.78, 5) is 14.1. The van der Waals surface area contributed by atoms with Crippen LogP contribution >= 0.6 is 0 Å². The van der Waals surface area contributed by atoms with Crippen LogP contribution in [0.15, 0.2) is 89.5 Å². The summed E-state index contributed by atoms with van der Waals surface area (Å²) in [7, 11) is 0. The minimum absolute atomic E-state index is 0. The van der Waals surface area contributed by atoms with Crippen molar-refractivity contribution < 1.29 is 25.9 Å². The van der Waals surface area contributed by atoms with Gasteiger partial charge in [0.1, 0.15) is 0 Å². The monoisotopic (exact) mass is 848 g/mol. The predicted octanol–water partition coefficient (Wildman–Crippen LogP) is 9.90. The van der Waals surface area contributed by atoms with E-state index in [0.717, 1.165) is 61.3 Å². The normalized spacial score (nSPS) is 12.2. The molecule has 46 heavy (non-hydrogen) atoms. The summed E-state index contributed by atoms with van der Waals surface area (Å²) >= 11 is -2.03. The largest absolute Gasteiger partial charge is 0 e. The molecule has 7 aromatic rings. The van der Waals surface area contributed by atoms with Gasteiger partial charge in [-0.25, -0.2) is 4.98 Å². The van der Waals surface area contributed by atoms with E-state index in [0.29, 0.717) is 5.71 Å². The Hall–Kier alpha value is -3.58. The fourth-order valence-corrected chi connectivity index (χ4v) is 9.11. The fraction of sp³-hybridized carbons (Fsp3) is 0.256. The first-order valence-electron chi connectivity index (χ1n) is 16.0. The number of nitrogens with zero attached hydrogens (tertiary/aromatic N) is 4. The molecule has 0 fully saturated rings. The smallest absolute Gasteiger partial charge is 0 e. The molecule has 0 N–H and O–H groups in total. The SMILES string of the molecule is Cc1ccc2c(n1)oc1c(-c3nc4ccccc4n3C(C)C)[c-]ccc12.[2H]C(C)(C)c1cc(-c2[c-]cccc2)nc[c]1[Ge]([CH3])([CH3])[CH3].[Ir]. The third-order valence-electron chi connectivity index (χ3n) is 8.01. The maximum Gasteiger partial charge on any atom is 0 e. The molecule has 7 rings (SSSR count). The molecule has 0 spiro atoms.